The first kappa shape index (κ1) is 19.1. The SMILES string of the molecule is COc1cccc([C@H](OC(=O)[C@H]2CCCN(C(N)=O)C2)C(C)(C)C)c1. The van der Waals surface area contributed by atoms with Gasteiger partial charge in [-0.3, -0.25) is 4.79 Å². The van der Waals surface area contributed by atoms with Crippen LogP contribution in [-0.2, 0) is 9.53 Å². The topological polar surface area (TPSA) is 81.9 Å². The van der Waals surface area contributed by atoms with Gasteiger partial charge in [0, 0.05) is 18.5 Å². The van der Waals surface area contributed by atoms with E-state index in [-0.39, 0.29) is 17.3 Å². The summed E-state index contributed by atoms with van der Waals surface area (Å²) in [6, 6.07) is 7.08. The largest absolute Gasteiger partial charge is 0.497 e. The van der Waals surface area contributed by atoms with Gasteiger partial charge in [0.15, 0.2) is 0 Å². The van der Waals surface area contributed by atoms with E-state index in [1.807, 2.05) is 45.0 Å². The third-order valence-corrected chi connectivity index (χ3v) is 4.48. The summed E-state index contributed by atoms with van der Waals surface area (Å²) in [6.07, 6.45) is 1.05. The second-order valence-corrected chi connectivity index (χ2v) is 7.58. The number of urea groups is 1. The second-order valence-electron chi connectivity index (χ2n) is 7.58. The van der Waals surface area contributed by atoms with Gasteiger partial charge in [-0.2, -0.15) is 0 Å². The molecule has 25 heavy (non-hydrogen) atoms. The van der Waals surface area contributed by atoms with Crippen LogP contribution < -0.4 is 10.5 Å². The lowest BCUT2D eigenvalue weighted by Gasteiger charge is -2.34. The molecule has 1 aromatic carbocycles. The first-order chi connectivity index (χ1) is 11.7. The molecule has 1 aliphatic heterocycles. The number of carbonyl (C=O) groups excluding carboxylic acids is 2. The molecule has 0 bridgehead atoms. The number of primary amides is 1. The average Bonchev–Trinajstić information content (AvgIpc) is 2.58. The first-order valence-electron chi connectivity index (χ1n) is 8.61. The van der Waals surface area contributed by atoms with Gasteiger partial charge in [-0.15, -0.1) is 0 Å². The molecule has 1 aliphatic rings. The summed E-state index contributed by atoms with van der Waals surface area (Å²) in [5, 5.41) is 0. The Labute approximate surface area is 149 Å². The van der Waals surface area contributed by atoms with Crippen LogP contribution >= 0.6 is 0 Å². The van der Waals surface area contributed by atoms with Gasteiger partial charge in [0.1, 0.15) is 11.9 Å². The van der Waals surface area contributed by atoms with Crippen LogP contribution in [0.1, 0.15) is 45.3 Å². The van der Waals surface area contributed by atoms with E-state index in [1.54, 1.807) is 7.11 Å². The fourth-order valence-electron chi connectivity index (χ4n) is 3.13. The van der Waals surface area contributed by atoms with Gasteiger partial charge in [-0.1, -0.05) is 32.9 Å². The fourth-order valence-corrected chi connectivity index (χ4v) is 3.13. The highest BCUT2D eigenvalue weighted by Gasteiger charge is 2.35. The summed E-state index contributed by atoms with van der Waals surface area (Å²) in [5.41, 5.74) is 5.96. The van der Waals surface area contributed by atoms with Gasteiger partial charge in [0.05, 0.1) is 13.0 Å². The lowest BCUT2D eigenvalue weighted by molar-refractivity contribution is -0.162. The molecule has 1 heterocycles. The van der Waals surface area contributed by atoms with E-state index in [4.69, 9.17) is 15.2 Å². The van der Waals surface area contributed by atoms with E-state index in [2.05, 4.69) is 0 Å². The van der Waals surface area contributed by atoms with Crippen LogP contribution in [0, 0.1) is 11.3 Å². The molecule has 1 fully saturated rings. The van der Waals surface area contributed by atoms with E-state index in [1.165, 1.54) is 4.90 Å². The number of nitrogens with zero attached hydrogens (tertiary/aromatic N) is 1. The molecule has 2 atom stereocenters. The standard InChI is InChI=1S/C19H28N2O4/c1-19(2,3)16(13-7-5-9-15(11-13)24-4)25-17(22)14-8-6-10-21(12-14)18(20)23/h5,7,9,11,14,16H,6,8,10,12H2,1-4H3,(H2,20,23)/t14-,16-/m0/s1. The number of piperidine rings is 1. The molecule has 2 N–H and O–H groups in total. The molecule has 0 aromatic heterocycles. The monoisotopic (exact) mass is 348 g/mol. The van der Waals surface area contributed by atoms with Gasteiger partial charge in [0.25, 0.3) is 0 Å². The van der Waals surface area contributed by atoms with Crippen LogP contribution in [0.4, 0.5) is 4.79 Å². The number of esters is 1. The predicted molar refractivity (Wildman–Crippen MR) is 95.2 cm³/mol. The second kappa shape index (κ2) is 7.76. The van der Waals surface area contributed by atoms with Crippen molar-refractivity contribution in [2.24, 2.45) is 17.1 Å². The number of ether oxygens (including phenoxy) is 2. The molecular weight excluding hydrogens is 320 g/mol. The summed E-state index contributed by atoms with van der Waals surface area (Å²) in [7, 11) is 1.61. The van der Waals surface area contributed by atoms with Gasteiger partial charge in [-0.05, 0) is 30.5 Å². The van der Waals surface area contributed by atoms with Gasteiger partial charge >= 0.3 is 12.0 Å². The van der Waals surface area contributed by atoms with Crippen LogP contribution in [-0.4, -0.2) is 37.1 Å². The summed E-state index contributed by atoms with van der Waals surface area (Å²) >= 11 is 0. The number of nitrogens with two attached hydrogens (primary N) is 1. The summed E-state index contributed by atoms with van der Waals surface area (Å²) < 4.78 is 11.2. The number of likely N-dealkylation sites (tertiary alicyclic amines) is 1. The van der Waals surface area contributed by atoms with Gasteiger partial charge < -0.3 is 20.1 Å². The lowest BCUT2D eigenvalue weighted by atomic mass is 9.84. The number of hydrogen-bond acceptors (Lipinski definition) is 4. The van der Waals surface area contributed by atoms with Crippen molar-refractivity contribution < 1.29 is 19.1 Å². The number of benzene rings is 1. The Hall–Kier alpha value is -2.24. The quantitative estimate of drug-likeness (QED) is 0.848. The van der Waals surface area contributed by atoms with E-state index in [9.17, 15) is 9.59 Å². The molecule has 0 spiro atoms. The van der Waals surface area contributed by atoms with Crippen molar-refractivity contribution in [3.8, 4) is 5.75 Å². The molecule has 0 aliphatic carbocycles. The molecule has 138 valence electrons. The number of carbonyl (C=O) groups is 2. The maximum Gasteiger partial charge on any atom is 0.314 e. The van der Waals surface area contributed by atoms with E-state index in [0.29, 0.717) is 19.5 Å². The molecule has 2 amide bonds. The van der Waals surface area contributed by atoms with Crippen molar-refractivity contribution in [3.05, 3.63) is 29.8 Å². The Balaban J connectivity index is 2.16. The van der Waals surface area contributed by atoms with Crippen molar-refractivity contribution in [1.29, 1.82) is 0 Å². The highest BCUT2D eigenvalue weighted by Crippen LogP contribution is 2.38. The number of rotatable bonds is 4. The highest BCUT2D eigenvalue weighted by atomic mass is 16.5. The maximum absolute atomic E-state index is 12.7. The zero-order valence-corrected chi connectivity index (χ0v) is 15.5. The summed E-state index contributed by atoms with van der Waals surface area (Å²) in [4.78, 5) is 25.6. The van der Waals surface area contributed by atoms with Crippen LogP contribution in [0.2, 0.25) is 0 Å². The van der Waals surface area contributed by atoms with Crippen LogP contribution in [0.25, 0.3) is 0 Å². The minimum absolute atomic E-state index is 0.278. The summed E-state index contributed by atoms with van der Waals surface area (Å²) in [6.45, 7) is 7.00. The molecule has 6 nitrogen and oxygen atoms in total. The number of hydrogen-bond donors (Lipinski definition) is 1. The summed E-state index contributed by atoms with van der Waals surface area (Å²) in [5.74, 6) is 0.103. The Morgan fingerprint density at radius 2 is 2.04 bits per heavy atom. The molecule has 1 aromatic rings. The van der Waals surface area contributed by atoms with Crippen molar-refractivity contribution in [3.63, 3.8) is 0 Å². The van der Waals surface area contributed by atoms with Crippen molar-refractivity contribution in [1.82, 2.24) is 4.90 Å². The van der Waals surface area contributed by atoms with Crippen molar-refractivity contribution in [2.75, 3.05) is 20.2 Å². The van der Waals surface area contributed by atoms with E-state index in [0.717, 1.165) is 17.7 Å². The normalized spacial score (nSPS) is 19.2. The fraction of sp³-hybridized carbons (Fsp3) is 0.579. The van der Waals surface area contributed by atoms with Crippen molar-refractivity contribution in [2.45, 2.75) is 39.7 Å². The minimum atomic E-state index is -0.488. The smallest absolute Gasteiger partial charge is 0.314 e. The first-order valence-corrected chi connectivity index (χ1v) is 8.61. The van der Waals surface area contributed by atoms with Crippen LogP contribution in [0.3, 0.4) is 0 Å². The zero-order chi connectivity index (χ0) is 18.6. The minimum Gasteiger partial charge on any atom is -0.497 e. The third kappa shape index (κ3) is 4.87. The van der Waals surface area contributed by atoms with Crippen molar-refractivity contribution >= 4 is 12.0 Å². The van der Waals surface area contributed by atoms with E-state index < -0.39 is 12.1 Å². The van der Waals surface area contributed by atoms with Gasteiger partial charge in [0.2, 0.25) is 0 Å². The molecule has 0 saturated carbocycles. The average molecular weight is 348 g/mol. The highest BCUT2D eigenvalue weighted by molar-refractivity contribution is 5.76. The Kier molecular flexibility index (Phi) is 5.93. The predicted octanol–water partition coefficient (Wildman–Crippen LogP) is 3.12. The molecule has 0 radical (unpaired) electrons. The number of methoxy groups -OCH3 is 1. The third-order valence-electron chi connectivity index (χ3n) is 4.48. The number of amides is 2. The molecule has 2 rings (SSSR count). The molecular formula is C19H28N2O4. The Bertz CT molecular complexity index is 624. The molecule has 1 saturated heterocycles. The zero-order valence-electron chi connectivity index (χ0n) is 15.5. The van der Waals surface area contributed by atoms with Crippen LogP contribution in [0.15, 0.2) is 24.3 Å². The lowest BCUT2D eigenvalue weighted by Crippen LogP contribution is -2.45. The Morgan fingerprint density at radius 1 is 1.32 bits per heavy atom. The van der Waals surface area contributed by atoms with E-state index >= 15 is 0 Å². The van der Waals surface area contributed by atoms with Crippen LogP contribution in [0.5, 0.6) is 5.75 Å². The molecule has 6 heteroatoms. The Morgan fingerprint density at radius 3 is 2.64 bits per heavy atom. The van der Waals surface area contributed by atoms with Gasteiger partial charge in [-0.25, -0.2) is 4.79 Å². The molecule has 0 unspecified atom stereocenters. The maximum atomic E-state index is 12.7.